The van der Waals surface area contributed by atoms with Crippen LogP contribution in [-0.2, 0) is 6.54 Å². The van der Waals surface area contributed by atoms with Crippen molar-refractivity contribution in [2.45, 2.75) is 19.5 Å². The second kappa shape index (κ2) is 5.21. The van der Waals surface area contributed by atoms with Crippen molar-refractivity contribution in [3.8, 4) is 6.07 Å². The predicted octanol–water partition coefficient (Wildman–Crippen LogP) is 2.93. The minimum absolute atomic E-state index is 0.258. The zero-order chi connectivity index (χ0) is 11.4. The number of rotatable bonds is 4. The van der Waals surface area contributed by atoms with Gasteiger partial charge in [0, 0.05) is 22.8 Å². The molecule has 0 aliphatic rings. The second-order valence-electron chi connectivity index (χ2n) is 3.40. The highest BCUT2D eigenvalue weighted by molar-refractivity contribution is 7.12. The van der Waals surface area contributed by atoms with E-state index in [-0.39, 0.29) is 6.04 Å². The van der Waals surface area contributed by atoms with Gasteiger partial charge in [-0.3, -0.25) is 0 Å². The molecule has 2 aromatic heterocycles. The number of thiophene rings is 1. The lowest BCUT2D eigenvalue weighted by atomic mass is 10.2. The molecule has 0 saturated heterocycles. The van der Waals surface area contributed by atoms with Crippen molar-refractivity contribution < 1.29 is 0 Å². The van der Waals surface area contributed by atoms with E-state index in [9.17, 15) is 0 Å². The first-order chi connectivity index (χ1) is 7.79. The first-order valence-electron chi connectivity index (χ1n) is 4.90. The van der Waals surface area contributed by atoms with Crippen LogP contribution < -0.4 is 5.32 Å². The largest absolute Gasteiger partial charge is 0.304 e. The number of hydrogen-bond acceptors (Lipinski definition) is 5. The van der Waals surface area contributed by atoms with E-state index in [4.69, 9.17) is 5.26 Å². The van der Waals surface area contributed by atoms with Crippen molar-refractivity contribution in [3.05, 3.63) is 38.5 Å². The maximum absolute atomic E-state index is 8.74. The van der Waals surface area contributed by atoms with Crippen LogP contribution in [0.25, 0.3) is 0 Å². The molecule has 82 valence electrons. The molecule has 0 aliphatic heterocycles. The van der Waals surface area contributed by atoms with Gasteiger partial charge in [-0.1, -0.05) is 0 Å². The Kier molecular flexibility index (Phi) is 3.67. The van der Waals surface area contributed by atoms with Crippen LogP contribution >= 0.6 is 22.7 Å². The van der Waals surface area contributed by atoms with E-state index in [2.05, 4.69) is 23.3 Å². The molecule has 0 bridgehead atoms. The van der Waals surface area contributed by atoms with E-state index in [1.165, 1.54) is 16.2 Å². The lowest BCUT2D eigenvalue weighted by Crippen LogP contribution is -2.17. The molecule has 1 atom stereocenters. The normalized spacial score (nSPS) is 12.2. The van der Waals surface area contributed by atoms with Crippen molar-refractivity contribution in [2.75, 3.05) is 0 Å². The van der Waals surface area contributed by atoms with Crippen LogP contribution in [0.2, 0.25) is 0 Å². The minimum atomic E-state index is 0.258. The Morgan fingerprint density at radius 3 is 3.06 bits per heavy atom. The molecule has 1 N–H and O–H groups in total. The van der Waals surface area contributed by atoms with Gasteiger partial charge in [0.25, 0.3) is 0 Å². The summed E-state index contributed by atoms with van der Waals surface area (Å²) >= 11 is 3.14. The predicted molar refractivity (Wildman–Crippen MR) is 66.4 cm³/mol. The van der Waals surface area contributed by atoms with Crippen molar-refractivity contribution >= 4 is 22.7 Å². The van der Waals surface area contributed by atoms with Gasteiger partial charge < -0.3 is 5.32 Å². The molecular formula is C11H11N3S2. The summed E-state index contributed by atoms with van der Waals surface area (Å²) in [4.78, 5) is 6.16. The second-order valence-corrected chi connectivity index (χ2v) is 5.23. The van der Waals surface area contributed by atoms with Gasteiger partial charge in [0.15, 0.2) is 0 Å². The van der Waals surface area contributed by atoms with Crippen LogP contribution in [0.4, 0.5) is 0 Å². The van der Waals surface area contributed by atoms with Crippen LogP contribution in [0.1, 0.15) is 28.4 Å². The number of nitrogens with one attached hydrogen (secondary N) is 1. The molecular weight excluding hydrogens is 238 g/mol. The Morgan fingerprint density at radius 1 is 1.56 bits per heavy atom. The average molecular weight is 249 g/mol. The molecule has 0 spiro atoms. The van der Waals surface area contributed by atoms with Gasteiger partial charge >= 0.3 is 0 Å². The molecule has 0 radical (unpaired) electrons. The third-order valence-electron chi connectivity index (χ3n) is 2.24. The summed E-state index contributed by atoms with van der Waals surface area (Å²) in [6.07, 6.45) is 0. The minimum Gasteiger partial charge on any atom is -0.304 e. The molecule has 1 unspecified atom stereocenters. The van der Waals surface area contributed by atoms with Crippen LogP contribution in [0.5, 0.6) is 0 Å². The Balaban J connectivity index is 1.93. The maximum atomic E-state index is 8.74. The fourth-order valence-corrected chi connectivity index (χ4v) is 2.72. The van der Waals surface area contributed by atoms with Crippen molar-refractivity contribution in [3.63, 3.8) is 0 Å². The topological polar surface area (TPSA) is 48.7 Å². The molecule has 2 heterocycles. The summed E-state index contributed by atoms with van der Waals surface area (Å²) < 4.78 is 0. The van der Waals surface area contributed by atoms with Gasteiger partial charge in [-0.05, 0) is 19.1 Å². The van der Waals surface area contributed by atoms with Crippen molar-refractivity contribution in [1.82, 2.24) is 10.3 Å². The van der Waals surface area contributed by atoms with E-state index in [0.29, 0.717) is 0 Å². The first-order valence-corrected chi connectivity index (χ1v) is 6.66. The molecule has 0 aromatic carbocycles. The average Bonchev–Trinajstić information content (AvgIpc) is 2.96. The third-order valence-corrected chi connectivity index (χ3v) is 4.04. The Hall–Kier alpha value is -1.22. The smallest absolute Gasteiger partial charge is 0.110 e. The summed E-state index contributed by atoms with van der Waals surface area (Å²) in [7, 11) is 0. The Bertz CT molecular complexity index is 482. The summed E-state index contributed by atoms with van der Waals surface area (Å²) in [5.74, 6) is 0. The molecule has 5 heteroatoms. The molecule has 3 nitrogen and oxygen atoms in total. The van der Waals surface area contributed by atoms with Crippen molar-refractivity contribution in [1.29, 1.82) is 5.26 Å². The van der Waals surface area contributed by atoms with Gasteiger partial charge in [0.1, 0.15) is 10.9 Å². The molecule has 0 amide bonds. The maximum Gasteiger partial charge on any atom is 0.110 e. The molecule has 2 rings (SSSR count). The monoisotopic (exact) mass is 249 g/mol. The van der Waals surface area contributed by atoms with Gasteiger partial charge in [-0.2, -0.15) is 5.26 Å². The Morgan fingerprint density at radius 2 is 2.44 bits per heavy atom. The fraction of sp³-hybridized carbons (Fsp3) is 0.273. The standard InChI is InChI=1S/C11H11N3S2/c1-8(11-3-2-10(4-12)16-11)13-5-9-6-15-7-14-9/h2-3,6-8,13H,5H2,1H3. The summed E-state index contributed by atoms with van der Waals surface area (Å²) in [5, 5.41) is 14.2. The summed E-state index contributed by atoms with van der Waals surface area (Å²) in [5.41, 5.74) is 2.90. The van der Waals surface area contributed by atoms with E-state index in [1.54, 1.807) is 11.3 Å². The Labute approximate surface area is 102 Å². The van der Waals surface area contributed by atoms with Crippen LogP contribution in [0.15, 0.2) is 23.0 Å². The molecule has 0 saturated carbocycles. The van der Waals surface area contributed by atoms with Crippen LogP contribution in [0, 0.1) is 11.3 Å². The van der Waals surface area contributed by atoms with Crippen molar-refractivity contribution in [2.24, 2.45) is 0 Å². The summed E-state index contributed by atoms with van der Waals surface area (Å²) in [6, 6.07) is 6.27. The van der Waals surface area contributed by atoms with Crippen LogP contribution in [0.3, 0.4) is 0 Å². The quantitative estimate of drug-likeness (QED) is 0.906. The van der Waals surface area contributed by atoms with Crippen LogP contribution in [-0.4, -0.2) is 4.98 Å². The third kappa shape index (κ3) is 2.67. The highest BCUT2D eigenvalue weighted by atomic mass is 32.1. The van der Waals surface area contributed by atoms with Gasteiger partial charge in [0.05, 0.1) is 11.2 Å². The number of nitrogens with zero attached hydrogens (tertiary/aromatic N) is 2. The molecule has 16 heavy (non-hydrogen) atoms. The summed E-state index contributed by atoms with van der Waals surface area (Å²) in [6.45, 7) is 2.86. The highest BCUT2D eigenvalue weighted by Gasteiger charge is 2.08. The molecule has 0 fully saturated rings. The van der Waals surface area contributed by atoms with Gasteiger partial charge in [-0.25, -0.2) is 4.98 Å². The molecule has 0 aliphatic carbocycles. The van der Waals surface area contributed by atoms with E-state index >= 15 is 0 Å². The first kappa shape index (κ1) is 11.3. The van der Waals surface area contributed by atoms with E-state index in [1.807, 2.05) is 23.0 Å². The van der Waals surface area contributed by atoms with Gasteiger partial charge in [-0.15, -0.1) is 22.7 Å². The lowest BCUT2D eigenvalue weighted by molar-refractivity contribution is 0.577. The SMILES string of the molecule is CC(NCc1cscn1)c1ccc(C#N)s1. The number of thiazole rings is 1. The highest BCUT2D eigenvalue weighted by Crippen LogP contribution is 2.22. The zero-order valence-corrected chi connectivity index (χ0v) is 10.4. The number of aromatic nitrogens is 1. The van der Waals surface area contributed by atoms with Gasteiger partial charge in [0.2, 0.25) is 0 Å². The molecule has 2 aromatic rings. The van der Waals surface area contributed by atoms with E-state index < -0.39 is 0 Å². The fourth-order valence-electron chi connectivity index (χ4n) is 1.33. The zero-order valence-electron chi connectivity index (χ0n) is 8.80. The lowest BCUT2D eigenvalue weighted by Gasteiger charge is -2.10. The number of hydrogen-bond donors (Lipinski definition) is 1. The number of nitriles is 1. The van der Waals surface area contributed by atoms with E-state index in [0.717, 1.165) is 17.1 Å².